The summed E-state index contributed by atoms with van der Waals surface area (Å²) in [4.78, 5) is 62.4. The Bertz CT molecular complexity index is 1880. The quantitative estimate of drug-likeness (QED) is 0.0625. The third-order valence-electron chi connectivity index (χ3n) is 8.38. The van der Waals surface area contributed by atoms with Crippen LogP contribution in [0.15, 0.2) is 30.3 Å². The third-order valence-corrected chi connectivity index (χ3v) is 8.38. The summed E-state index contributed by atoms with van der Waals surface area (Å²) in [6.45, 7) is 35.2. The van der Waals surface area contributed by atoms with Gasteiger partial charge in [0.1, 0.15) is 28.2 Å². The number of aromatic nitrogens is 1. The van der Waals surface area contributed by atoms with Crippen LogP contribution in [0.2, 0.25) is 0 Å². The van der Waals surface area contributed by atoms with Gasteiger partial charge in [-0.15, -0.1) is 0 Å². The number of benzene rings is 1. The highest BCUT2D eigenvalue weighted by Gasteiger charge is 2.26. The molecule has 0 bridgehead atoms. The van der Waals surface area contributed by atoms with Crippen LogP contribution in [0, 0.1) is 17.3 Å². The molecule has 0 aliphatic rings. The summed E-state index contributed by atoms with van der Waals surface area (Å²) in [6.07, 6.45) is 0.123. The zero-order chi connectivity index (χ0) is 48.7. The van der Waals surface area contributed by atoms with Crippen LogP contribution in [0.25, 0.3) is 0 Å². The molecule has 0 radical (unpaired) electrons. The molecule has 1 amide bonds. The first-order valence-electron chi connectivity index (χ1n) is 22.4. The van der Waals surface area contributed by atoms with Crippen LogP contribution in [0.5, 0.6) is 5.75 Å². The molecule has 0 unspecified atom stereocenters. The first-order valence-corrected chi connectivity index (χ1v) is 22.4. The second kappa shape index (κ2) is 23.9. The van der Waals surface area contributed by atoms with Crippen molar-refractivity contribution in [3.8, 4) is 17.6 Å². The predicted octanol–water partition coefficient (Wildman–Crippen LogP) is 8.30. The lowest BCUT2D eigenvalue weighted by Crippen LogP contribution is -2.40. The Morgan fingerprint density at radius 1 is 0.609 bits per heavy atom. The Morgan fingerprint density at radius 2 is 1.06 bits per heavy atom. The number of amides is 1. The summed E-state index contributed by atoms with van der Waals surface area (Å²) in [5.74, 6) is 6.07. The Balaban J connectivity index is 2.62. The number of nitrogens with one attached hydrogen (secondary N) is 1. The van der Waals surface area contributed by atoms with E-state index in [1.807, 2.05) is 76.8 Å². The number of alkyl carbamates (subject to hydrolysis) is 1. The lowest BCUT2D eigenvalue weighted by atomic mass is 9.96. The zero-order valence-corrected chi connectivity index (χ0v) is 42.1. The maximum atomic E-state index is 13.2. The molecule has 0 spiro atoms. The number of nitrogens with zero attached hydrogens (tertiary/aromatic N) is 4. The van der Waals surface area contributed by atoms with Crippen molar-refractivity contribution >= 4 is 29.7 Å². The number of ether oxygens (including phenoxy) is 5. The zero-order valence-electron chi connectivity index (χ0n) is 42.1. The molecular weight excluding hydrogens is 815 g/mol. The van der Waals surface area contributed by atoms with Gasteiger partial charge in [-0.25, -0.2) is 4.79 Å². The Hall–Kier alpha value is -4.87. The van der Waals surface area contributed by atoms with Crippen LogP contribution in [0.3, 0.4) is 0 Å². The molecule has 1 aromatic carbocycles. The molecule has 2 aromatic rings. The molecule has 358 valence electrons. The number of carbonyl (C=O) groups excluding carboxylic acids is 4. The van der Waals surface area contributed by atoms with Gasteiger partial charge in [0.15, 0.2) is 0 Å². The molecule has 0 aliphatic heterocycles. The highest BCUT2D eigenvalue weighted by atomic mass is 16.6. The van der Waals surface area contributed by atoms with Crippen LogP contribution in [-0.4, -0.2) is 114 Å². The fourth-order valence-electron chi connectivity index (χ4n) is 6.45. The van der Waals surface area contributed by atoms with Crippen LogP contribution in [0.4, 0.5) is 10.5 Å². The molecule has 2 rings (SSSR count). The molecule has 0 aliphatic carbocycles. The minimum atomic E-state index is -0.726. The van der Waals surface area contributed by atoms with Crippen molar-refractivity contribution in [1.29, 1.82) is 0 Å². The summed E-state index contributed by atoms with van der Waals surface area (Å²) < 4.78 is 28.5. The second-order valence-corrected chi connectivity index (χ2v) is 21.2. The molecule has 14 nitrogen and oxygen atoms in total. The van der Waals surface area contributed by atoms with Crippen molar-refractivity contribution < 1.29 is 42.9 Å². The Labute approximate surface area is 384 Å². The minimum Gasteiger partial charge on any atom is -0.491 e. The SMILES string of the molecule is CCN(CC)c1cc(C#Cc2cc(CN(CC(=O)OC(C)(C)C)CC(=O)OC(C)(C)C)nc(CN(CC(=O)OC(C)(C)C)CC(C)(C)C)c2)ccc1OCCCNC(=O)OC(C)(C)C. The number of hydrogen-bond acceptors (Lipinski definition) is 13. The maximum absolute atomic E-state index is 13.2. The van der Waals surface area contributed by atoms with Gasteiger partial charge in [-0.1, -0.05) is 32.6 Å². The molecule has 1 heterocycles. The van der Waals surface area contributed by atoms with E-state index in [-0.39, 0.29) is 37.6 Å². The predicted molar refractivity (Wildman–Crippen MR) is 252 cm³/mol. The van der Waals surface area contributed by atoms with Crippen molar-refractivity contribution in [2.45, 2.75) is 160 Å². The Kier molecular flexibility index (Phi) is 20.6. The lowest BCUT2D eigenvalue weighted by molar-refractivity contribution is -0.160. The number of hydrogen-bond donors (Lipinski definition) is 1. The number of rotatable bonds is 19. The smallest absolute Gasteiger partial charge is 0.407 e. The average Bonchev–Trinajstić information content (AvgIpc) is 3.07. The first kappa shape index (κ1) is 55.3. The highest BCUT2D eigenvalue weighted by Crippen LogP contribution is 2.30. The van der Waals surface area contributed by atoms with E-state index in [4.69, 9.17) is 28.7 Å². The number of carbonyl (C=O) groups is 4. The third kappa shape index (κ3) is 24.3. The molecule has 0 fully saturated rings. The molecule has 0 saturated carbocycles. The molecule has 1 aromatic heterocycles. The van der Waals surface area contributed by atoms with E-state index in [0.29, 0.717) is 55.4 Å². The number of pyridine rings is 1. The van der Waals surface area contributed by atoms with E-state index in [0.717, 1.165) is 24.3 Å². The van der Waals surface area contributed by atoms with E-state index in [2.05, 4.69) is 56.7 Å². The Morgan fingerprint density at radius 3 is 1.52 bits per heavy atom. The molecule has 14 heteroatoms. The minimum absolute atomic E-state index is 0.0493. The number of anilines is 1. The van der Waals surface area contributed by atoms with Gasteiger partial charge in [-0.2, -0.15) is 0 Å². The van der Waals surface area contributed by atoms with Crippen molar-refractivity contribution in [3.63, 3.8) is 0 Å². The van der Waals surface area contributed by atoms with Crippen LogP contribution >= 0.6 is 0 Å². The van der Waals surface area contributed by atoms with Crippen LogP contribution in [0.1, 0.15) is 147 Å². The van der Waals surface area contributed by atoms with Crippen molar-refractivity contribution in [2.24, 2.45) is 5.41 Å². The molecule has 64 heavy (non-hydrogen) atoms. The standard InChI is InChI=1S/C50H79N5O9/c1-18-55(19-2)40-29-36(23-24-41(40)60-26-20-25-51-45(59)64-50(15,16)17)21-22-37-27-38(30-53(32-42(56)61-47(6,7)8)33-43(57)62-48(9,10)11)52-39(28-37)31-54(35-46(3,4)5)34-44(58)63-49(12,13)14/h23-24,27-29H,18-20,25-26,30-35H2,1-17H3,(H,51,59). The summed E-state index contributed by atoms with van der Waals surface area (Å²) in [5.41, 5.74) is 0.702. The summed E-state index contributed by atoms with van der Waals surface area (Å²) in [6, 6.07) is 9.58. The topological polar surface area (TPSA) is 149 Å². The van der Waals surface area contributed by atoms with Gasteiger partial charge >= 0.3 is 24.0 Å². The van der Waals surface area contributed by atoms with Gasteiger partial charge in [-0.05, 0) is 139 Å². The molecule has 0 atom stereocenters. The lowest BCUT2D eigenvalue weighted by Gasteiger charge is -2.30. The summed E-state index contributed by atoms with van der Waals surface area (Å²) >= 11 is 0. The highest BCUT2D eigenvalue weighted by molar-refractivity contribution is 5.75. The maximum Gasteiger partial charge on any atom is 0.407 e. The van der Waals surface area contributed by atoms with Gasteiger partial charge in [0, 0.05) is 50.4 Å². The van der Waals surface area contributed by atoms with Crippen LogP contribution < -0.4 is 15.0 Å². The molecule has 1 N–H and O–H groups in total. The first-order chi connectivity index (χ1) is 29.3. The van der Waals surface area contributed by atoms with E-state index < -0.39 is 40.4 Å². The monoisotopic (exact) mass is 894 g/mol. The van der Waals surface area contributed by atoms with E-state index >= 15 is 0 Å². The fraction of sp³-hybridized carbons (Fsp3) is 0.660. The fourth-order valence-corrected chi connectivity index (χ4v) is 6.45. The van der Waals surface area contributed by atoms with Gasteiger partial charge in [0.05, 0.1) is 43.3 Å². The summed E-state index contributed by atoms with van der Waals surface area (Å²) in [7, 11) is 0. The number of esters is 3. The second-order valence-electron chi connectivity index (χ2n) is 21.2. The largest absolute Gasteiger partial charge is 0.491 e. The van der Waals surface area contributed by atoms with Gasteiger partial charge < -0.3 is 33.9 Å². The van der Waals surface area contributed by atoms with E-state index in [1.165, 1.54) is 0 Å². The van der Waals surface area contributed by atoms with Crippen molar-refractivity contribution in [2.75, 3.05) is 57.3 Å². The molecule has 0 saturated heterocycles. The molecular formula is C50H79N5O9. The summed E-state index contributed by atoms with van der Waals surface area (Å²) in [5, 5.41) is 2.77. The van der Waals surface area contributed by atoms with Gasteiger partial charge in [0.25, 0.3) is 0 Å². The van der Waals surface area contributed by atoms with E-state index in [1.54, 1.807) is 46.4 Å². The van der Waals surface area contributed by atoms with Gasteiger partial charge in [-0.3, -0.25) is 29.2 Å². The van der Waals surface area contributed by atoms with Crippen LogP contribution in [-0.2, 0) is 46.4 Å². The van der Waals surface area contributed by atoms with Crippen molar-refractivity contribution in [3.05, 3.63) is 52.8 Å². The average molecular weight is 894 g/mol. The van der Waals surface area contributed by atoms with Crippen molar-refractivity contribution in [1.82, 2.24) is 20.1 Å². The normalized spacial score (nSPS) is 12.3. The van der Waals surface area contributed by atoms with Gasteiger partial charge in [0.2, 0.25) is 0 Å². The van der Waals surface area contributed by atoms with E-state index in [9.17, 15) is 19.2 Å².